The molecule has 31 heavy (non-hydrogen) atoms. The average Bonchev–Trinajstić information content (AvgIpc) is 2.83. The molecular formula is C25H23N3O3. The van der Waals surface area contributed by atoms with E-state index in [0.29, 0.717) is 17.0 Å². The number of ether oxygens (including phenoxy) is 1. The van der Waals surface area contributed by atoms with E-state index < -0.39 is 5.91 Å². The molecule has 0 saturated heterocycles. The molecule has 6 heteroatoms. The lowest BCUT2D eigenvalue weighted by Crippen LogP contribution is -2.33. The van der Waals surface area contributed by atoms with Crippen LogP contribution in [0.5, 0.6) is 5.75 Å². The van der Waals surface area contributed by atoms with E-state index in [1.54, 1.807) is 68.6 Å². The molecule has 0 unspecified atom stereocenters. The van der Waals surface area contributed by atoms with Crippen LogP contribution < -0.4 is 15.5 Å². The van der Waals surface area contributed by atoms with Crippen LogP contribution in [-0.2, 0) is 4.79 Å². The molecule has 0 fully saturated rings. The molecule has 0 radical (unpaired) electrons. The largest absolute Gasteiger partial charge is 0.497 e. The predicted molar refractivity (Wildman–Crippen MR) is 122 cm³/mol. The van der Waals surface area contributed by atoms with Crippen molar-refractivity contribution in [2.24, 2.45) is 5.10 Å². The van der Waals surface area contributed by atoms with Crippen molar-refractivity contribution in [3.63, 3.8) is 0 Å². The number of hydrogen-bond acceptors (Lipinski definition) is 4. The number of nitrogens with one attached hydrogen (secondary N) is 2. The molecule has 2 amide bonds. The first-order valence-electron chi connectivity index (χ1n) is 9.69. The maximum atomic E-state index is 12.8. The Bertz CT molecular complexity index is 1090. The molecule has 3 aromatic rings. The summed E-state index contributed by atoms with van der Waals surface area (Å²) < 4.78 is 5.16. The van der Waals surface area contributed by atoms with Crippen LogP contribution >= 0.6 is 0 Å². The quantitative estimate of drug-likeness (QED) is 0.349. The third-order valence-corrected chi connectivity index (χ3v) is 4.47. The summed E-state index contributed by atoms with van der Waals surface area (Å²) in [5, 5.41) is 6.85. The van der Waals surface area contributed by atoms with Gasteiger partial charge in [-0.2, -0.15) is 5.10 Å². The van der Waals surface area contributed by atoms with Crippen molar-refractivity contribution in [1.82, 2.24) is 10.7 Å². The first-order chi connectivity index (χ1) is 15.1. The normalized spacial score (nSPS) is 11.5. The third kappa shape index (κ3) is 6.14. The lowest BCUT2D eigenvalue weighted by Gasteiger charge is -2.10. The number of benzene rings is 3. The van der Waals surface area contributed by atoms with Gasteiger partial charge in [-0.15, -0.1) is 0 Å². The van der Waals surface area contributed by atoms with Gasteiger partial charge < -0.3 is 10.1 Å². The molecule has 0 bridgehead atoms. The number of hydrogen-bond donors (Lipinski definition) is 2. The third-order valence-electron chi connectivity index (χ3n) is 4.47. The number of methoxy groups -OCH3 is 1. The van der Waals surface area contributed by atoms with Crippen LogP contribution in [0.4, 0.5) is 0 Å². The topological polar surface area (TPSA) is 79.8 Å². The SMILES string of the molecule is COc1ccc(/C=C(\NC(=O)c2ccccc2)C(=O)N/N=C(\C)c2ccccc2)cc1. The van der Waals surface area contributed by atoms with Crippen LogP contribution in [-0.4, -0.2) is 24.6 Å². The predicted octanol–water partition coefficient (Wildman–Crippen LogP) is 4.01. The van der Waals surface area contributed by atoms with Gasteiger partial charge in [-0.25, -0.2) is 5.43 Å². The Balaban J connectivity index is 1.84. The lowest BCUT2D eigenvalue weighted by molar-refractivity contribution is -0.117. The first kappa shape index (κ1) is 21.5. The lowest BCUT2D eigenvalue weighted by atomic mass is 10.1. The fraction of sp³-hybridized carbons (Fsp3) is 0.0800. The van der Waals surface area contributed by atoms with E-state index in [0.717, 1.165) is 11.1 Å². The first-order valence-corrected chi connectivity index (χ1v) is 9.69. The van der Waals surface area contributed by atoms with Gasteiger partial charge in [-0.1, -0.05) is 60.7 Å². The zero-order valence-electron chi connectivity index (χ0n) is 17.3. The summed E-state index contributed by atoms with van der Waals surface area (Å²) in [4.78, 5) is 25.5. The highest BCUT2D eigenvalue weighted by atomic mass is 16.5. The van der Waals surface area contributed by atoms with E-state index in [1.165, 1.54) is 0 Å². The van der Waals surface area contributed by atoms with Crippen LogP contribution in [0.25, 0.3) is 6.08 Å². The highest BCUT2D eigenvalue weighted by Crippen LogP contribution is 2.14. The molecule has 0 aliphatic carbocycles. The zero-order chi connectivity index (χ0) is 22.1. The van der Waals surface area contributed by atoms with Gasteiger partial charge in [-0.05, 0) is 48.4 Å². The van der Waals surface area contributed by atoms with E-state index >= 15 is 0 Å². The zero-order valence-corrected chi connectivity index (χ0v) is 17.3. The minimum absolute atomic E-state index is 0.0728. The molecule has 3 aromatic carbocycles. The average molecular weight is 413 g/mol. The maximum absolute atomic E-state index is 12.8. The maximum Gasteiger partial charge on any atom is 0.287 e. The summed E-state index contributed by atoms with van der Waals surface area (Å²) in [6.07, 6.45) is 1.59. The Hall–Kier alpha value is -4.19. The second-order valence-corrected chi connectivity index (χ2v) is 6.66. The van der Waals surface area contributed by atoms with Gasteiger partial charge in [0.15, 0.2) is 0 Å². The Kier molecular flexibility index (Phi) is 7.32. The van der Waals surface area contributed by atoms with Crippen molar-refractivity contribution in [3.8, 4) is 5.75 Å². The molecule has 0 aliphatic heterocycles. The van der Waals surface area contributed by atoms with Crippen LogP contribution in [0.15, 0.2) is 95.7 Å². The molecule has 0 heterocycles. The van der Waals surface area contributed by atoms with Gasteiger partial charge in [0.25, 0.3) is 11.8 Å². The Morgan fingerprint density at radius 2 is 1.42 bits per heavy atom. The molecule has 156 valence electrons. The molecule has 0 atom stereocenters. The Morgan fingerprint density at radius 1 is 0.839 bits per heavy atom. The highest BCUT2D eigenvalue weighted by molar-refractivity contribution is 6.06. The fourth-order valence-corrected chi connectivity index (χ4v) is 2.75. The van der Waals surface area contributed by atoms with Gasteiger partial charge >= 0.3 is 0 Å². The monoisotopic (exact) mass is 413 g/mol. The number of hydrazone groups is 1. The second-order valence-electron chi connectivity index (χ2n) is 6.66. The van der Waals surface area contributed by atoms with Crippen molar-refractivity contribution in [2.75, 3.05) is 7.11 Å². The minimum atomic E-state index is -0.532. The van der Waals surface area contributed by atoms with Gasteiger partial charge in [0.1, 0.15) is 11.4 Å². The fourth-order valence-electron chi connectivity index (χ4n) is 2.75. The highest BCUT2D eigenvalue weighted by Gasteiger charge is 2.14. The van der Waals surface area contributed by atoms with Crippen LogP contribution in [0, 0.1) is 0 Å². The summed E-state index contributed by atoms with van der Waals surface area (Å²) >= 11 is 0. The van der Waals surface area contributed by atoms with Crippen molar-refractivity contribution >= 4 is 23.6 Å². The number of carbonyl (C=O) groups excluding carboxylic acids is 2. The van der Waals surface area contributed by atoms with E-state index in [4.69, 9.17) is 4.74 Å². The van der Waals surface area contributed by atoms with Crippen molar-refractivity contribution in [2.45, 2.75) is 6.92 Å². The van der Waals surface area contributed by atoms with Gasteiger partial charge in [0, 0.05) is 5.56 Å². The minimum Gasteiger partial charge on any atom is -0.497 e. The van der Waals surface area contributed by atoms with Crippen LogP contribution in [0.3, 0.4) is 0 Å². The molecule has 0 spiro atoms. The summed E-state index contributed by atoms with van der Waals surface area (Å²) in [5.41, 5.74) is 5.30. The number of carbonyl (C=O) groups is 2. The molecule has 3 rings (SSSR count). The summed E-state index contributed by atoms with van der Waals surface area (Å²) in [6.45, 7) is 1.80. The molecule has 6 nitrogen and oxygen atoms in total. The van der Waals surface area contributed by atoms with Crippen molar-refractivity contribution in [3.05, 3.63) is 107 Å². The molecule has 2 N–H and O–H groups in total. The molecule has 0 aromatic heterocycles. The number of rotatable bonds is 7. The van der Waals surface area contributed by atoms with Gasteiger partial charge in [0.2, 0.25) is 0 Å². The Labute approximate surface area is 181 Å². The molecule has 0 aliphatic rings. The molecular weight excluding hydrogens is 390 g/mol. The van der Waals surface area contributed by atoms with Crippen molar-refractivity contribution < 1.29 is 14.3 Å². The van der Waals surface area contributed by atoms with E-state index in [1.807, 2.05) is 36.4 Å². The summed E-state index contributed by atoms with van der Waals surface area (Å²) in [7, 11) is 1.58. The number of nitrogens with zero attached hydrogens (tertiary/aromatic N) is 1. The van der Waals surface area contributed by atoms with E-state index in [2.05, 4.69) is 15.8 Å². The van der Waals surface area contributed by atoms with Crippen LogP contribution in [0.2, 0.25) is 0 Å². The van der Waals surface area contributed by atoms with Crippen molar-refractivity contribution in [1.29, 1.82) is 0 Å². The van der Waals surface area contributed by atoms with E-state index in [-0.39, 0.29) is 11.6 Å². The summed E-state index contributed by atoms with van der Waals surface area (Å²) in [5.74, 6) is -0.228. The Morgan fingerprint density at radius 3 is 2.00 bits per heavy atom. The number of amides is 2. The second kappa shape index (κ2) is 10.5. The smallest absolute Gasteiger partial charge is 0.287 e. The van der Waals surface area contributed by atoms with Gasteiger partial charge in [-0.3, -0.25) is 9.59 Å². The van der Waals surface area contributed by atoms with E-state index in [9.17, 15) is 9.59 Å². The molecule has 0 saturated carbocycles. The van der Waals surface area contributed by atoms with Crippen LogP contribution in [0.1, 0.15) is 28.4 Å². The standard InChI is InChI=1S/C25H23N3O3/c1-18(20-9-5-3-6-10-20)27-28-25(30)23(17-19-13-15-22(31-2)16-14-19)26-24(29)21-11-7-4-8-12-21/h3-17H,1-2H3,(H,26,29)(H,28,30)/b23-17-,27-18+. The van der Waals surface area contributed by atoms with Gasteiger partial charge in [0.05, 0.1) is 12.8 Å². The summed E-state index contributed by atoms with van der Waals surface area (Å²) in [6, 6.07) is 25.3.